The Morgan fingerprint density at radius 1 is 1.06 bits per heavy atom. The molecule has 2 aromatic carbocycles. The lowest BCUT2D eigenvalue weighted by Crippen LogP contribution is -2.48. The minimum Gasteiger partial charge on any atom is -0.423 e. The molecule has 1 heterocycles. The number of ether oxygens (including phenoxy) is 1. The number of terminal acetylenes is 1. The van der Waals surface area contributed by atoms with Gasteiger partial charge >= 0.3 is 18.2 Å². The van der Waals surface area contributed by atoms with Gasteiger partial charge in [-0.25, -0.2) is 4.79 Å². The molecule has 0 spiro atoms. The first kappa shape index (κ1) is 24.5. The number of para-hydroxylation sites is 1. The summed E-state index contributed by atoms with van der Waals surface area (Å²) in [7, 11) is 0. The van der Waals surface area contributed by atoms with Gasteiger partial charge in [-0.2, -0.15) is 22.0 Å². The molecule has 0 saturated carbocycles. The predicted octanol–water partition coefficient (Wildman–Crippen LogP) is 3.39. The summed E-state index contributed by atoms with van der Waals surface area (Å²) in [4.78, 5) is 37.1. The third-order valence-electron chi connectivity index (χ3n) is 4.78. The maximum absolute atomic E-state index is 13.0. The van der Waals surface area contributed by atoms with E-state index in [2.05, 4.69) is 15.4 Å². The molecule has 34 heavy (non-hydrogen) atoms. The van der Waals surface area contributed by atoms with Crippen molar-refractivity contribution in [3.8, 4) is 23.5 Å². The quantitative estimate of drug-likeness (QED) is 0.451. The minimum atomic E-state index is -5.90. The van der Waals surface area contributed by atoms with E-state index >= 15 is 0 Å². The number of anilines is 1. The van der Waals surface area contributed by atoms with Crippen molar-refractivity contribution in [3.05, 3.63) is 54.1 Å². The van der Waals surface area contributed by atoms with Crippen LogP contribution >= 0.6 is 0 Å². The lowest BCUT2D eigenvalue weighted by atomic mass is 9.95. The second-order valence-electron chi connectivity index (χ2n) is 7.07. The number of hydrogen-bond donors (Lipinski definition) is 3. The molecule has 0 fully saturated rings. The zero-order chi connectivity index (χ0) is 25.1. The molecule has 3 amide bonds. The SMILES string of the molecule is C#C[C@H](OC(=O)NCC(F)(F)C(F)(F)F)C(=O)N[C@@H]1C(=O)Nc2ccccc2-c2ccccc21. The van der Waals surface area contributed by atoms with Gasteiger partial charge in [-0.3, -0.25) is 9.59 Å². The molecular formula is C22H16F5N3O4. The van der Waals surface area contributed by atoms with Crippen LogP contribution < -0.4 is 16.0 Å². The second-order valence-corrected chi connectivity index (χ2v) is 7.07. The first-order valence-corrected chi connectivity index (χ1v) is 9.59. The summed E-state index contributed by atoms with van der Waals surface area (Å²) in [5.41, 5.74) is 2.17. The Balaban J connectivity index is 1.74. The molecule has 3 N–H and O–H groups in total. The monoisotopic (exact) mass is 481 g/mol. The molecule has 2 atom stereocenters. The fourth-order valence-electron chi connectivity index (χ4n) is 3.12. The third kappa shape index (κ3) is 5.09. The summed E-state index contributed by atoms with van der Waals surface area (Å²) < 4.78 is 67.0. The van der Waals surface area contributed by atoms with Crippen LogP contribution in [0.2, 0.25) is 0 Å². The lowest BCUT2D eigenvalue weighted by molar-refractivity contribution is -0.278. The van der Waals surface area contributed by atoms with Gasteiger partial charge in [-0.1, -0.05) is 48.4 Å². The maximum atomic E-state index is 13.0. The van der Waals surface area contributed by atoms with Crippen LogP contribution in [-0.2, 0) is 14.3 Å². The average molecular weight is 481 g/mol. The standard InChI is InChI=1S/C22H16F5N3O4/c1-2-16(34-20(33)28-11-21(23,24)22(25,26)27)18(31)30-17-14-9-4-3-7-12(14)13-8-5-6-10-15(13)29-19(17)32/h1,3-10,16-17H,11H2,(H,28,33)(H,29,32)(H,30,31)/t16-,17-/m0/s1. The first-order chi connectivity index (χ1) is 15.9. The number of alkyl halides is 5. The van der Waals surface area contributed by atoms with E-state index in [1.165, 1.54) is 5.32 Å². The van der Waals surface area contributed by atoms with Gasteiger partial charge in [0.1, 0.15) is 6.04 Å². The van der Waals surface area contributed by atoms with Gasteiger partial charge in [0.25, 0.3) is 11.8 Å². The van der Waals surface area contributed by atoms with Crippen molar-refractivity contribution in [3.63, 3.8) is 0 Å². The van der Waals surface area contributed by atoms with Crippen LogP contribution in [0.3, 0.4) is 0 Å². The van der Waals surface area contributed by atoms with Gasteiger partial charge in [-0.15, -0.1) is 6.42 Å². The smallest absolute Gasteiger partial charge is 0.423 e. The molecule has 7 nitrogen and oxygen atoms in total. The van der Waals surface area contributed by atoms with E-state index in [0.29, 0.717) is 22.4 Å². The van der Waals surface area contributed by atoms with E-state index in [4.69, 9.17) is 6.42 Å². The Bertz CT molecular complexity index is 1160. The molecule has 0 unspecified atom stereocenters. The van der Waals surface area contributed by atoms with Crippen molar-refractivity contribution >= 4 is 23.6 Å². The van der Waals surface area contributed by atoms with Crippen LogP contribution in [0.5, 0.6) is 0 Å². The molecule has 1 aliphatic heterocycles. The zero-order valence-electron chi connectivity index (χ0n) is 17.1. The van der Waals surface area contributed by atoms with Gasteiger partial charge in [-0.05, 0) is 17.2 Å². The number of carbonyl (C=O) groups is 3. The number of benzene rings is 2. The van der Waals surface area contributed by atoms with E-state index in [1.54, 1.807) is 54.5 Å². The Kier molecular flexibility index (Phi) is 6.76. The van der Waals surface area contributed by atoms with Gasteiger partial charge in [0, 0.05) is 11.3 Å². The van der Waals surface area contributed by atoms with Crippen LogP contribution in [-0.4, -0.2) is 42.7 Å². The molecular weight excluding hydrogens is 465 g/mol. The predicted molar refractivity (Wildman–Crippen MR) is 109 cm³/mol. The van der Waals surface area contributed by atoms with E-state index in [9.17, 15) is 36.3 Å². The van der Waals surface area contributed by atoms with Crippen LogP contribution in [0.15, 0.2) is 48.5 Å². The van der Waals surface area contributed by atoms with E-state index < -0.39 is 48.7 Å². The van der Waals surface area contributed by atoms with E-state index in [1.807, 2.05) is 0 Å². The van der Waals surface area contributed by atoms with Gasteiger partial charge < -0.3 is 20.7 Å². The van der Waals surface area contributed by atoms with E-state index in [0.717, 1.165) is 0 Å². The fourth-order valence-corrected chi connectivity index (χ4v) is 3.12. The Labute approximate surface area is 189 Å². The van der Waals surface area contributed by atoms with Gasteiger partial charge in [0.05, 0.1) is 6.54 Å². The number of halogens is 5. The third-order valence-corrected chi connectivity index (χ3v) is 4.78. The molecule has 0 aliphatic carbocycles. The highest BCUT2D eigenvalue weighted by molar-refractivity contribution is 6.05. The largest absolute Gasteiger partial charge is 0.455 e. The van der Waals surface area contributed by atoms with Crippen LogP contribution in [0.1, 0.15) is 11.6 Å². The highest BCUT2D eigenvalue weighted by Crippen LogP contribution is 2.37. The number of alkyl carbamates (subject to hydrolysis) is 1. The normalized spacial score (nSPS) is 16.0. The fraction of sp³-hybridized carbons (Fsp3) is 0.227. The molecule has 1 aliphatic rings. The molecule has 3 rings (SSSR count). The van der Waals surface area contributed by atoms with Gasteiger partial charge in [0.15, 0.2) is 0 Å². The number of nitrogens with one attached hydrogen (secondary N) is 3. The number of rotatable bonds is 5. The second kappa shape index (κ2) is 9.38. The minimum absolute atomic E-state index is 0.392. The van der Waals surface area contributed by atoms with Crippen molar-refractivity contribution in [1.82, 2.24) is 10.6 Å². The molecule has 178 valence electrons. The van der Waals surface area contributed by atoms with Crippen LogP contribution in [0.4, 0.5) is 32.4 Å². The Hall–Kier alpha value is -4.14. The molecule has 0 bridgehead atoms. The first-order valence-electron chi connectivity index (χ1n) is 9.59. The Morgan fingerprint density at radius 3 is 2.32 bits per heavy atom. The van der Waals surface area contributed by atoms with Crippen molar-refractivity contribution in [1.29, 1.82) is 0 Å². The topological polar surface area (TPSA) is 96.5 Å². The molecule has 0 radical (unpaired) electrons. The average Bonchev–Trinajstić information content (AvgIpc) is 2.90. The van der Waals surface area contributed by atoms with E-state index in [-0.39, 0.29) is 0 Å². The van der Waals surface area contributed by atoms with Crippen molar-refractivity contribution < 1.29 is 41.1 Å². The summed E-state index contributed by atoms with van der Waals surface area (Å²) in [5.74, 6) is -5.25. The van der Waals surface area contributed by atoms with Crippen LogP contribution in [0, 0.1) is 12.3 Å². The molecule has 0 aromatic heterocycles. The summed E-state index contributed by atoms with van der Waals surface area (Å²) in [6.45, 7) is -2.12. The Morgan fingerprint density at radius 2 is 1.68 bits per heavy atom. The number of hydrogen-bond acceptors (Lipinski definition) is 4. The molecule has 0 saturated heterocycles. The highest BCUT2D eigenvalue weighted by Gasteiger charge is 2.57. The lowest BCUT2D eigenvalue weighted by Gasteiger charge is -2.21. The highest BCUT2D eigenvalue weighted by atomic mass is 19.4. The number of fused-ring (bicyclic) bond motifs is 3. The summed E-state index contributed by atoms with van der Waals surface area (Å²) in [6, 6.07) is 12.2. The molecule has 12 heteroatoms. The van der Waals surface area contributed by atoms with Crippen molar-refractivity contribution in [2.24, 2.45) is 0 Å². The summed E-state index contributed by atoms with van der Waals surface area (Å²) >= 11 is 0. The van der Waals surface area contributed by atoms with Crippen LogP contribution in [0.25, 0.3) is 11.1 Å². The summed E-state index contributed by atoms with van der Waals surface area (Å²) in [6.07, 6.45) is -4.54. The van der Waals surface area contributed by atoms with Crippen molar-refractivity contribution in [2.75, 3.05) is 11.9 Å². The van der Waals surface area contributed by atoms with Gasteiger partial charge in [0.2, 0.25) is 6.10 Å². The molecule has 2 aromatic rings. The zero-order valence-corrected chi connectivity index (χ0v) is 17.1. The maximum Gasteiger partial charge on any atom is 0.455 e. The number of amides is 3. The summed E-state index contributed by atoms with van der Waals surface area (Å²) in [5, 5.41) is 6.20. The van der Waals surface area contributed by atoms with Crippen molar-refractivity contribution in [2.45, 2.75) is 24.2 Å². The number of carbonyl (C=O) groups excluding carboxylic acids is 3.